The first kappa shape index (κ1) is 12.1. The monoisotopic (exact) mass is 217 g/mol. The topological polar surface area (TPSA) is 33.0 Å². The largest absolute Gasteiger partial charge is 0.492 e. The van der Waals surface area contributed by atoms with Crippen molar-refractivity contribution in [1.29, 1.82) is 5.26 Å². The molecule has 0 unspecified atom stereocenters. The Morgan fingerprint density at radius 1 is 1.54 bits per heavy atom. The highest BCUT2D eigenvalue weighted by atomic mass is 35.5. The maximum Gasteiger partial charge on any atom is 0.137 e. The Kier molecular flexibility index (Phi) is 5.29. The maximum absolute atomic E-state index is 8.68. The van der Waals surface area contributed by atoms with Crippen LogP contribution in [0.15, 0.2) is 18.2 Å². The van der Waals surface area contributed by atoms with Crippen LogP contribution in [0.1, 0.15) is 12.5 Å². The molecular weight excluding hydrogens is 209 g/mol. The van der Waals surface area contributed by atoms with Gasteiger partial charge in [-0.2, -0.15) is 5.26 Å². The predicted octanol–water partition coefficient (Wildman–Crippen LogP) is 3.03. The Labute approximate surface area is 88.5 Å². The van der Waals surface area contributed by atoms with Crippen molar-refractivity contribution in [3.63, 3.8) is 0 Å². The van der Waals surface area contributed by atoms with E-state index in [1.807, 2.05) is 13.0 Å². The fraction of sp³-hybridized carbons (Fsp3) is 0.222. The lowest BCUT2D eigenvalue weighted by Gasteiger charge is -2.04. The van der Waals surface area contributed by atoms with E-state index in [0.717, 1.165) is 0 Å². The summed E-state index contributed by atoms with van der Waals surface area (Å²) in [5.41, 5.74) is 0.476. The average molecular weight is 218 g/mol. The molecule has 0 atom stereocenters. The molecule has 1 rings (SSSR count). The summed E-state index contributed by atoms with van der Waals surface area (Å²) in [6, 6.07) is 7.00. The summed E-state index contributed by atoms with van der Waals surface area (Å²) in [6.45, 7) is 2.42. The Morgan fingerprint density at radius 2 is 2.23 bits per heavy atom. The second-order valence-electron chi connectivity index (χ2n) is 2.19. The molecule has 1 aromatic carbocycles. The van der Waals surface area contributed by atoms with Crippen LogP contribution < -0.4 is 4.74 Å². The second kappa shape index (κ2) is 5.69. The molecule has 70 valence electrons. The third kappa shape index (κ3) is 3.14. The normalized spacial score (nSPS) is 8.38. The zero-order valence-corrected chi connectivity index (χ0v) is 8.65. The van der Waals surface area contributed by atoms with E-state index in [1.165, 1.54) is 0 Å². The van der Waals surface area contributed by atoms with Crippen LogP contribution in [0.4, 0.5) is 0 Å². The van der Waals surface area contributed by atoms with Crippen molar-refractivity contribution in [2.75, 3.05) is 6.61 Å². The van der Waals surface area contributed by atoms with Gasteiger partial charge in [-0.1, -0.05) is 11.6 Å². The van der Waals surface area contributed by atoms with E-state index < -0.39 is 0 Å². The van der Waals surface area contributed by atoms with Crippen LogP contribution in [0, 0.1) is 11.3 Å². The van der Waals surface area contributed by atoms with Crippen LogP contribution in [-0.4, -0.2) is 6.61 Å². The second-order valence-corrected chi connectivity index (χ2v) is 2.62. The Bertz CT molecular complexity index is 320. The zero-order chi connectivity index (χ0) is 8.97. The van der Waals surface area contributed by atoms with Crippen molar-refractivity contribution in [1.82, 2.24) is 0 Å². The van der Waals surface area contributed by atoms with E-state index in [-0.39, 0.29) is 12.4 Å². The Hall–Kier alpha value is -0.910. The minimum absolute atomic E-state index is 0. The van der Waals surface area contributed by atoms with Crippen molar-refractivity contribution < 1.29 is 4.74 Å². The van der Waals surface area contributed by atoms with Crippen LogP contribution in [0.25, 0.3) is 0 Å². The summed E-state index contributed by atoms with van der Waals surface area (Å²) in [5, 5.41) is 9.23. The number of ether oxygens (including phenoxy) is 1. The molecule has 13 heavy (non-hydrogen) atoms. The summed E-state index contributed by atoms with van der Waals surface area (Å²) < 4.78 is 5.20. The van der Waals surface area contributed by atoms with Crippen molar-refractivity contribution >= 4 is 24.0 Å². The van der Waals surface area contributed by atoms with Gasteiger partial charge in [0.2, 0.25) is 0 Å². The summed E-state index contributed by atoms with van der Waals surface area (Å²) in [4.78, 5) is 0. The van der Waals surface area contributed by atoms with Crippen LogP contribution in [0.2, 0.25) is 5.02 Å². The minimum atomic E-state index is 0. The van der Waals surface area contributed by atoms with E-state index in [1.54, 1.807) is 18.2 Å². The van der Waals surface area contributed by atoms with Gasteiger partial charge < -0.3 is 4.74 Å². The molecular formula is C9H9Cl2NO. The summed E-state index contributed by atoms with van der Waals surface area (Å²) >= 11 is 5.69. The molecule has 0 aliphatic carbocycles. The van der Waals surface area contributed by atoms with Gasteiger partial charge in [0.25, 0.3) is 0 Å². The molecule has 0 fully saturated rings. The van der Waals surface area contributed by atoms with Gasteiger partial charge in [0.1, 0.15) is 11.8 Å². The number of nitrogens with zero attached hydrogens (tertiary/aromatic N) is 1. The zero-order valence-electron chi connectivity index (χ0n) is 7.08. The number of rotatable bonds is 2. The van der Waals surface area contributed by atoms with Gasteiger partial charge in [-0.15, -0.1) is 12.4 Å². The number of hydrogen-bond acceptors (Lipinski definition) is 2. The number of hydrogen-bond donors (Lipinski definition) is 0. The molecule has 0 heterocycles. The molecule has 0 aromatic heterocycles. The number of halogens is 2. The van der Waals surface area contributed by atoms with E-state index >= 15 is 0 Å². The third-order valence-electron chi connectivity index (χ3n) is 1.36. The fourth-order valence-electron chi connectivity index (χ4n) is 0.871. The number of nitriles is 1. The molecule has 2 nitrogen and oxygen atoms in total. The highest BCUT2D eigenvalue weighted by Crippen LogP contribution is 2.21. The average Bonchev–Trinajstić information content (AvgIpc) is 2.08. The van der Waals surface area contributed by atoms with Gasteiger partial charge in [-0.25, -0.2) is 0 Å². The van der Waals surface area contributed by atoms with Crippen LogP contribution >= 0.6 is 24.0 Å². The lowest BCUT2D eigenvalue weighted by molar-refractivity contribution is 0.339. The van der Waals surface area contributed by atoms with Gasteiger partial charge in [-0.3, -0.25) is 0 Å². The molecule has 0 spiro atoms. The molecule has 0 N–H and O–H groups in total. The molecule has 0 amide bonds. The predicted molar refractivity (Wildman–Crippen MR) is 54.6 cm³/mol. The van der Waals surface area contributed by atoms with Crippen LogP contribution in [-0.2, 0) is 0 Å². The minimum Gasteiger partial charge on any atom is -0.492 e. The highest BCUT2D eigenvalue weighted by molar-refractivity contribution is 6.30. The molecule has 0 saturated heterocycles. The van der Waals surface area contributed by atoms with Crippen LogP contribution in [0.5, 0.6) is 5.75 Å². The first-order chi connectivity index (χ1) is 5.77. The SMILES string of the molecule is CCOc1ccc(Cl)cc1C#N.Cl. The molecule has 0 bridgehead atoms. The number of benzene rings is 1. The van der Waals surface area contributed by atoms with Gasteiger partial charge in [0, 0.05) is 5.02 Å². The van der Waals surface area contributed by atoms with Crippen molar-refractivity contribution in [3.05, 3.63) is 28.8 Å². The van der Waals surface area contributed by atoms with Gasteiger partial charge in [0.05, 0.1) is 12.2 Å². The smallest absolute Gasteiger partial charge is 0.137 e. The lowest BCUT2D eigenvalue weighted by Crippen LogP contribution is -1.93. The summed E-state index contributed by atoms with van der Waals surface area (Å²) in [5.74, 6) is 0.587. The Morgan fingerprint density at radius 3 is 2.77 bits per heavy atom. The van der Waals surface area contributed by atoms with Crippen LogP contribution in [0.3, 0.4) is 0 Å². The van der Waals surface area contributed by atoms with Crippen molar-refractivity contribution in [2.45, 2.75) is 6.92 Å². The van der Waals surface area contributed by atoms with Gasteiger partial charge >= 0.3 is 0 Å². The van der Waals surface area contributed by atoms with Gasteiger partial charge in [-0.05, 0) is 25.1 Å². The maximum atomic E-state index is 8.68. The molecule has 0 radical (unpaired) electrons. The first-order valence-corrected chi connectivity index (χ1v) is 3.98. The highest BCUT2D eigenvalue weighted by Gasteiger charge is 2.01. The third-order valence-corrected chi connectivity index (χ3v) is 1.60. The summed E-state index contributed by atoms with van der Waals surface area (Å²) in [7, 11) is 0. The Balaban J connectivity index is 0.00000144. The molecule has 0 aliphatic heterocycles. The standard InChI is InChI=1S/C9H8ClNO.ClH/c1-2-12-9-4-3-8(10)5-7(9)6-11;/h3-5H,2H2,1H3;1H. The molecule has 0 aliphatic rings. The summed E-state index contributed by atoms with van der Waals surface area (Å²) in [6.07, 6.45) is 0. The fourth-order valence-corrected chi connectivity index (χ4v) is 1.04. The van der Waals surface area contributed by atoms with E-state index in [2.05, 4.69) is 0 Å². The lowest BCUT2D eigenvalue weighted by atomic mass is 10.2. The van der Waals surface area contributed by atoms with Crippen molar-refractivity contribution in [2.24, 2.45) is 0 Å². The quantitative estimate of drug-likeness (QED) is 0.764. The molecule has 0 saturated carbocycles. The van der Waals surface area contributed by atoms with E-state index in [4.69, 9.17) is 21.6 Å². The van der Waals surface area contributed by atoms with Gasteiger partial charge in [0.15, 0.2) is 0 Å². The first-order valence-electron chi connectivity index (χ1n) is 3.60. The van der Waals surface area contributed by atoms with Crippen molar-refractivity contribution in [3.8, 4) is 11.8 Å². The van der Waals surface area contributed by atoms with E-state index in [0.29, 0.717) is 22.9 Å². The molecule has 4 heteroatoms. The molecule has 1 aromatic rings. The van der Waals surface area contributed by atoms with E-state index in [9.17, 15) is 0 Å².